The predicted molar refractivity (Wildman–Crippen MR) is 75.5 cm³/mol. The fourth-order valence-corrected chi connectivity index (χ4v) is 1.82. The summed E-state index contributed by atoms with van der Waals surface area (Å²) in [5, 5.41) is 5.08. The van der Waals surface area contributed by atoms with Gasteiger partial charge in [0.1, 0.15) is 6.54 Å². The number of nitrogens with one attached hydrogen (secondary N) is 2. The maximum absolute atomic E-state index is 11.6. The molecule has 2 amide bonds. The van der Waals surface area contributed by atoms with Crippen LogP contribution < -0.4 is 10.6 Å². The van der Waals surface area contributed by atoms with Gasteiger partial charge in [-0.25, -0.2) is 0 Å². The van der Waals surface area contributed by atoms with E-state index in [9.17, 15) is 14.4 Å². The van der Waals surface area contributed by atoms with Crippen LogP contribution in [0.5, 0.6) is 0 Å². The number of carbonyl (C=O) groups excluding carboxylic acids is 3. The summed E-state index contributed by atoms with van der Waals surface area (Å²) in [7, 11) is 0. The van der Waals surface area contributed by atoms with Gasteiger partial charge < -0.3 is 19.8 Å². The van der Waals surface area contributed by atoms with E-state index >= 15 is 0 Å². The summed E-state index contributed by atoms with van der Waals surface area (Å²) in [5.41, 5.74) is 0. The van der Waals surface area contributed by atoms with Gasteiger partial charge in [0.2, 0.25) is 0 Å². The Balaban J connectivity index is 1.71. The number of rotatable bonds is 6. The molecule has 1 fully saturated rings. The van der Waals surface area contributed by atoms with Crippen molar-refractivity contribution in [1.29, 1.82) is 0 Å². The predicted octanol–water partition coefficient (Wildman–Crippen LogP) is 0.982. The zero-order chi connectivity index (χ0) is 15.4. The second-order valence-electron chi connectivity index (χ2n) is 4.70. The lowest BCUT2D eigenvalue weighted by atomic mass is 10.3. The summed E-state index contributed by atoms with van der Waals surface area (Å²) < 4.78 is 10.4. The Bertz CT molecular complexity index is 553. The van der Waals surface area contributed by atoms with Crippen molar-refractivity contribution < 1.29 is 23.5 Å². The fraction of sp³-hybridized carbons (Fsp3) is 0.462. The van der Waals surface area contributed by atoms with E-state index in [-0.39, 0.29) is 24.3 Å². The van der Waals surface area contributed by atoms with Crippen LogP contribution in [0.2, 0.25) is 0 Å². The Hall–Kier alpha value is -1.83. The largest absolute Gasteiger partial charge is 0.451 e. The van der Waals surface area contributed by atoms with Gasteiger partial charge in [-0.15, -0.1) is 0 Å². The molecule has 0 bridgehead atoms. The first-order valence-electron chi connectivity index (χ1n) is 6.49. The summed E-state index contributed by atoms with van der Waals surface area (Å²) in [6, 6.07) is 3.24. The van der Waals surface area contributed by atoms with E-state index < -0.39 is 18.0 Å². The first-order chi connectivity index (χ1) is 9.95. The lowest BCUT2D eigenvalue weighted by molar-refractivity contribution is -0.153. The van der Waals surface area contributed by atoms with Crippen LogP contribution in [0.1, 0.15) is 30.3 Å². The molecule has 1 aliphatic carbocycles. The van der Waals surface area contributed by atoms with E-state index in [1.54, 1.807) is 6.07 Å². The van der Waals surface area contributed by atoms with Crippen molar-refractivity contribution in [3.8, 4) is 0 Å². The summed E-state index contributed by atoms with van der Waals surface area (Å²) in [6.07, 6.45) is 1.04. The minimum atomic E-state index is -0.882. The van der Waals surface area contributed by atoms with Crippen LogP contribution in [-0.2, 0) is 14.3 Å². The number of furan rings is 1. The van der Waals surface area contributed by atoms with Gasteiger partial charge in [-0.05, 0) is 47.8 Å². The van der Waals surface area contributed by atoms with Crippen LogP contribution in [0.4, 0.5) is 0 Å². The molecule has 0 spiro atoms. The first-order valence-corrected chi connectivity index (χ1v) is 7.28. The van der Waals surface area contributed by atoms with E-state index in [1.807, 2.05) is 0 Å². The van der Waals surface area contributed by atoms with Crippen molar-refractivity contribution in [2.24, 2.45) is 0 Å². The van der Waals surface area contributed by atoms with E-state index in [0.717, 1.165) is 12.8 Å². The Morgan fingerprint density at radius 1 is 1.43 bits per heavy atom. The molecule has 1 atom stereocenters. The first kappa shape index (κ1) is 15.6. The molecule has 0 radical (unpaired) electrons. The standard InChI is InChI=1S/C13H15BrN2O5/c1-7(12(18)16-8-2-3-8)20-11(17)6-15-13(19)9-4-5-10(14)21-9/h4-5,7-8H,2-3,6H2,1H3,(H,15,19)(H,16,18)/t7-/m0/s1. The molecule has 0 aliphatic heterocycles. The van der Waals surface area contributed by atoms with Crippen molar-refractivity contribution in [1.82, 2.24) is 10.6 Å². The highest BCUT2D eigenvalue weighted by molar-refractivity contribution is 9.10. The highest BCUT2D eigenvalue weighted by Gasteiger charge is 2.27. The Labute approximate surface area is 129 Å². The van der Waals surface area contributed by atoms with Gasteiger partial charge in [0.05, 0.1) is 0 Å². The molecule has 7 nitrogen and oxygen atoms in total. The summed E-state index contributed by atoms with van der Waals surface area (Å²) >= 11 is 3.07. The van der Waals surface area contributed by atoms with E-state index in [1.165, 1.54) is 13.0 Å². The van der Waals surface area contributed by atoms with Crippen molar-refractivity contribution in [2.75, 3.05) is 6.54 Å². The van der Waals surface area contributed by atoms with Gasteiger partial charge in [-0.2, -0.15) is 0 Å². The number of esters is 1. The molecule has 1 heterocycles. The number of carbonyl (C=O) groups is 3. The van der Waals surface area contributed by atoms with Crippen LogP contribution >= 0.6 is 15.9 Å². The summed E-state index contributed by atoms with van der Waals surface area (Å²) in [4.78, 5) is 34.8. The fourth-order valence-electron chi connectivity index (χ4n) is 1.51. The number of amides is 2. The molecule has 1 saturated carbocycles. The Morgan fingerprint density at radius 2 is 2.14 bits per heavy atom. The van der Waals surface area contributed by atoms with E-state index in [4.69, 9.17) is 9.15 Å². The van der Waals surface area contributed by atoms with Crippen molar-refractivity contribution in [3.63, 3.8) is 0 Å². The highest BCUT2D eigenvalue weighted by atomic mass is 79.9. The minimum absolute atomic E-state index is 0.0780. The van der Waals surface area contributed by atoms with Crippen molar-refractivity contribution in [2.45, 2.75) is 31.9 Å². The molecule has 1 aromatic heterocycles. The molecule has 2 rings (SSSR count). The van der Waals surface area contributed by atoms with E-state index in [0.29, 0.717) is 4.67 Å². The van der Waals surface area contributed by atoms with Crippen LogP contribution in [0, 0.1) is 0 Å². The maximum atomic E-state index is 11.6. The SMILES string of the molecule is C[C@H](OC(=O)CNC(=O)c1ccc(Br)o1)C(=O)NC1CC1. The number of hydrogen-bond donors (Lipinski definition) is 2. The smallest absolute Gasteiger partial charge is 0.326 e. The average Bonchev–Trinajstić information content (AvgIpc) is 3.14. The third-order valence-corrected chi connectivity index (χ3v) is 3.22. The second kappa shape index (κ2) is 6.75. The topological polar surface area (TPSA) is 97.6 Å². The van der Waals surface area contributed by atoms with Gasteiger partial charge in [-0.3, -0.25) is 14.4 Å². The average molecular weight is 359 g/mol. The third-order valence-electron chi connectivity index (χ3n) is 2.79. The van der Waals surface area contributed by atoms with Crippen LogP contribution in [0.15, 0.2) is 21.2 Å². The van der Waals surface area contributed by atoms with Crippen molar-refractivity contribution >= 4 is 33.7 Å². The molecule has 114 valence electrons. The van der Waals surface area contributed by atoms with Gasteiger partial charge in [-0.1, -0.05) is 0 Å². The number of halogens is 1. The van der Waals surface area contributed by atoms with Crippen LogP contribution in [0.3, 0.4) is 0 Å². The molecular formula is C13H15BrN2O5. The lowest BCUT2D eigenvalue weighted by Gasteiger charge is -2.13. The van der Waals surface area contributed by atoms with E-state index in [2.05, 4.69) is 26.6 Å². The summed E-state index contributed by atoms with van der Waals surface area (Å²) in [5.74, 6) is -1.47. The van der Waals surface area contributed by atoms with Gasteiger partial charge >= 0.3 is 5.97 Å². The number of hydrogen-bond acceptors (Lipinski definition) is 5. The molecule has 1 aliphatic rings. The molecule has 2 N–H and O–H groups in total. The van der Waals surface area contributed by atoms with Crippen LogP contribution in [-0.4, -0.2) is 36.5 Å². The normalized spacial score (nSPS) is 15.1. The molecule has 0 unspecified atom stereocenters. The van der Waals surface area contributed by atoms with Gasteiger partial charge in [0, 0.05) is 6.04 Å². The third kappa shape index (κ3) is 4.89. The zero-order valence-electron chi connectivity index (χ0n) is 11.3. The second-order valence-corrected chi connectivity index (χ2v) is 5.48. The molecule has 0 aromatic carbocycles. The Morgan fingerprint density at radius 3 is 2.71 bits per heavy atom. The monoisotopic (exact) mass is 358 g/mol. The Kier molecular flexibility index (Phi) is 5.00. The summed E-state index contributed by atoms with van der Waals surface area (Å²) in [6.45, 7) is 1.15. The molecule has 21 heavy (non-hydrogen) atoms. The van der Waals surface area contributed by atoms with Gasteiger partial charge in [0.25, 0.3) is 11.8 Å². The molecular weight excluding hydrogens is 344 g/mol. The maximum Gasteiger partial charge on any atom is 0.326 e. The molecule has 1 aromatic rings. The van der Waals surface area contributed by atoms with Crippen molar-refractivity contribution in [3.05, 3.63) is 22.6 Å². The lowest BCUT2D eigenvalue weighted by Crippen LogP contribution is -2.39. The van der Waals surface area contributed by atoms with Crippen LogP contribution in [0.25, 0.3) is 0 Å². The molecule has 8 heteroatoms. The number of ether oxygens (including phenoxy) is 1. The van der Waals surface area contributed by atoms with Gasteiger partial charge in [0.15, 0.2) is 16.5 Å². The zero-order valence-corrected chi connectivity index (χ0v) is 12.9. The molecule has 0 saturated heterocycles. The minimum Gasteiger partial charge on any atom is -0.451 e. The quantitative estimate of drug-likeness (QED) is 0.738. The highest BCUT2D eigenvalue weighted by Crippen LogP contribution is 2.18.